The van der Waals surface area contributed by atoms with Crippen molar-refractivity contribution in [2.24, 2.45) is 10.9 Å². The molecule has 1 saturated carbocycles. The monoisotopic (exact) mass is 520 g/mol. The van der Waals surface area contributed by atoms with Crippen LogP contribution in [-0.2, 0) is 4.79 Å². The molecule has 2 unspecified atom stereocenters. The lowest BCUT2D eigenvalue weighted by Crippen LogP contribution is -2.53. The number of rotatable bonds is 6. The maximum absolute atomic E-state index is 12.6. The molecule has 1 amide bonds. The number of piperazine rings is 1. The second-order valence-corrected chi connectivity index (χ2v) is 8.67. The van der Waals surface area contributed by atoms with Crippen molar-refractivity contribution in [2.75, 3.05) is 59.4 Å². The molecule has 0 aromatic rings. The minimum absolute atomic E-state index is 0. The molecule has 3 aliphatic rings. The van der Waals surface area contributed by atoms with Gasteiger partial charge in [0, 0.05) is 70.9 Å². The van der Waals surface area contributed by atoms with Crippen LogP contribution >= 0.6 is 24.0 Å². The molecule has 2 aliphatic heterocycles. The first-order valence-corrected chi connectivity index (χ1v) is 11.3. The van der Waals surface area contributed by atoms with E-state index in [-0.39, 0.29) is 29.9 Å². The number of likely N-dealkylation sites (N-methyl/N-ethyl adjacent to an activating group) is 1. The van der Waals surface area contributed by atoms with Crippen LogP contribution < -0.4 is 10.6 Å². The van der Waals surface area contributed by atoms with E-state index in [1.807, 2.05) is 7.05 Å². The first-order valence-electron chi connectivity index (χ1n) is 11.3. The third-order valence-electron chi connectivity index (χ3n) is 6.81. The molecule has 2 N–H and O–H groups in total. The van der Waals surface area contributed by atoms with E-state index in [1.165, 1.54) is 25.9 Å². The number of hydrogen-bond acceptors (Lipinski definition) is 4. The maximum Gasteiger partial charge on any atom is 0.225 e. The van der Waals surface area contributed by atoms with Crippen molar-refractivity contribution in [3.8, 4) is 0 Å². The summed E-state index contributed by atoms with van der Waals surface area (Å²) in [5.74, 6) is 1.52. The Morgan fingerprint density at radius 1 is 1.10 bits per heavy atom. The van der Waals surface area contributed by atoms with Crippen molar-refractivity contribution < 1.29 is 4.79 Å². The van der Waals surface area contributed by atoms with Crippen molar-refractivity contribution in [3.63, 3.8) is 0 Å². The molecule has 0 aromatic carbocycles. The fourth-order valence-electron chi connectivity index (χ4n) is 4.79. The van der Waals surface area contributed by atoms with Crippen LogP contribution in [0, 0.1) is 5.92 Å². The quantitative estimate of drug-likeness (QED) is 0.317. The number of guanidine groups is 1. The van der Waals surface area contributed by atoms with Crippen LogP contribution in [-0.4, -0.2) is 98.1 Å². The molecule has 0 spiro atoms. The normalized spacial score (nSPS) is 25.7. The zero-order chi connectivity index (χ0) is 19.9. The van der Waals surface area contributed by atoms with E-state index in [9.17, 15) is 4.79 Å². The van der Waals surface area contributed by atoms with Gasteiger partial charge >= 0.3 is 0 Å². The standard InChI is InChI=1S/C21H40N6O.HI/c1-4-25-11-13-26(14-12-25)17(2)15-23-21(22-3)24-19-9-10-27(16-19)20(28)18-7-5-6-8-18;/h17-19H,4-16H2,1-3H3,(H2,22,23,24);1H. The van der Waals surface area contributed by atoms with Crippen LogP contribution in [0.5, 0.6) is 0 Å². The number of carbonyl (C=O) groups is 1. The second kappa shape index (κ2) is 12.3. The van der Waals surface area contributed by atoms with Crippen molar-refractivity contribution in [1.29, 1.82) is 0 Å². The van der Waals surface area contributed by atoms with Gasteiger partial charge in [-0.3, -0.25) is 14.7 Å². The van der Waals surface area contributed by atoms with Gasteiger partial charge in [-0.2, -0.15) is 0 Å². The topological polar surface area (TPSA) is 63.2 Å². The van der Waals surface area contributed by atoms with Crippen LogP contribution in [0.4, 0.5) is 0 Å². The molecular weight excluding hydrogens is 479 g/mol. The van der Waals surface area contributed by atoms with Crippen LogP contribution in [0.2, 0.25) is 0 Å². The molecule has 3 rings (SSSR count). The molecule has 2 heterocycles. The molecule has 29 heavy (non-hydrogen) atoms. The SMILES string of the molecule is CCN1CCN(C(C)CNC(=NC)NC2CCN(C(=O)C3CCCC3)C2)CC1.I. The summed E-state index contributed by atoms with van der Waals surface area (Å²) in [7, 11) is 1.83. The Morgan fingerprint density at radius 3 is 2.41 bits per heavy atom. The highest BCUT2D eigenvalue weighted by atomic mass is 127. The fraction of sp³-hybridized carbons (Fsp3) is 0.905. The van der Waals surface area contributed by atoms with Gasteiger partial charge in [0.2, 0.25) is 5.91 Å². The van der Waals surface area contributed by atoms with Crippen LogP contribution in [0.25, 0.3) is 0 Å². The summed E-state index contributed by atoms with van der Waals surface area (Å²) in [4.78, 5) is 24.2. The molecular formula is C21H41IN6O. The number of nitrogens with one attached hydrogen (secondary N) is 2. The van der Waals surface area contributed by atoms with Gasteiger partial charge in [0.05, 0.1) is 0 Å². The van der Waals surface area contributed by atoms with E-state index < -0.39 is 0 Å². The summed E-state index contributed by atoms with van der Waals surface area (Å²) >= 11 is 0. The summed E-state index contributed by atoms with van der Waals surface area (Å²) in [6.07, 6.45) is 5.61. The van der Waals surface area contributed by atoms with Crippen LogP contribution in [0.15, 0.2) is 4.99 Å². The largest absolute Gasteiger partial charge is 0.355 e. The van der Waals surface area contributed by atoms with Crippen LogP contribution in [0.1, 0.15) is 46.0 Å². The Balaban J connectivity index is 0.00000300. The summed E-state index contributed by atoms with van der Waals surface area (Å²) in [5, 5.41) is 7.03. The predicted molar refractivity (Wildman–Crippen MR) is 130 cm³/mol. The molecule has 7 nitrogen and oxygen atoms in total. The van der Waals surface area contributed by atoms with E-state index in [2.05, 4.69) is 44.2 Å². The molecule has 0 radical (unpaired) electrons. The molecule has 168 valence electrons. The summed E-state index contributed by atoms with van der Waals surface area (Å²) in [5.41, 5.74) is 0. The maximum atomic E-state index is 12.6. The summed E-state index contributed by atoms with van der Waals surface area (Å²) in [6, 6.07) is 0.793. The van der Waals surface area contributed by atoms with Gasteiger partial charge in [-0.05, 0) is 32.7 Å². The Labute approximate surface area is 194 Å². The molecule has 2 saturated heterocycles. The number of hydrogen-bond donors (Lipinski definition) is 2. The zero-order valence-electron chi connectivity index (χ0n) is 18.5. The smallest absolute Gasteiger partial charge is 0.225 e. The highest BCUT2D eigenvalue weighted by molar-refractivity contribution is 14.0. The average molecular weight is 521 g/mol. The molecule has 8 heteroatoms. The Morgan fingerprint density at radius 2 is 1.79 bits per heavy atom. The Hall–Kier alpha value is -0.610. The third kappa shape index (κ3) is 6.95. The average Bonchev–Trinajstić information content (AvgIpc) is 3.42. The van der Waals surface area contributed by atoms with Gasteiger partial charge in [-0.25, -0.2) is 0 Å². The Kier molecular flexibility index (Phi) is 10.5. The van der Waals surface area contributed by atoms with E-state index in [1.54, 1.807) is 0 Å². The van der Waals surface area contributed by atoms with Crippen LogP contribution in [0.3, 0.4) is 0 Å². The lowest BCUT2D eigenvalue weighted by atomic mass is 10.1. The van der Waals surface area contributed by atoms with Gasteiger partial charge in [-0.15, -0.1) is 24.0 Å². The van der Waals surface area contributed by atoms with E-state index >= 15 is 0 Å². The van der Waals surface area contributed by atoms with Crippen molar-refractivity contribution in [2.45, 2.75) is 58.0 Å². The zero-order valence-corrected chi connectivity index (χ0v) is 20.9. The van der Waals surface area contributed by atoms with E-state index in [4.69, 9.17) is 0 Å². The molecule has 0 bridgehead atoms. The lowest BCUT2D eigenvalue weighted by Gasteiger charge is -2.37. The van der Waals surface area contributed by atoms with Gasteiger partial charge < -0.3 is 20.4 Å². The van der Waals surface area contributed by atoms with Crippen molar-refractivity contribution in [3.05, 3.63) is 0 Å². The number of halogens is 1. The van der Waals surface area contributed by atoms with E-state index in [0.29, 0.717) is 18.0 Å². The minimum Gasteiger partial charge on any atom is -0.355 e. The van der Waals surface area contributed by atoms with Gasteiger partial charge in [0.1, 0.15) is 0 Å². The third-order valence-corrected chi connectivity index (χ3v) is 6.81. The van der Waals surface area contributed by atoms with Crippen molar-refractivity contribution in [1.82, 2.24) is 25.3 Å². The number of likely N-dealkylation sites (tertiary alicyclic amines) is 1. The number of aliphatic imine (C=N–C) groups is 1. The van der Waals surface area contributed by atoms with E-state index in [0.717, 1.165) is 64.5 Å². The lowest BCUT2D eigenvalue weighted by molar-refractivity contribution is -0.134. The number of nitrogens with zero attached hydrogens (tertiary/aromatic N) is 4. The minimum atomic E-state index is 0. The number of carbonyl (C=O) groups excluding carboxylic acids is 1. The summed E-state index contributed by atoms with van der Waals surface area (Å²) < 4.78 is 0. The van der Waals surface area contributed by atoms with Gasteiger partial charge in [0.15, 0.2) is 5.96 Å². The number of amides is 1. The Bertz CT molecular complexity index is 531. The van der Waals surface area contributed by atoms with Gasteiger partial charge in [0.25, 0.3) is 0 Å². The molecule has 3 fully saturated rings. The first-order chi connectivity index (χ1) is 13.6. The van der Waals surface area contributed by atoms with Gasteiger partial charge in [-0.1, -0.05) is 19.8 Å². The predicted octanol–water partition coefficient (Wildman–Crippen LogP) is 1.59. The first kappa shape index (κ1) is 24.7. The molecule has 1 aliphatic carbocycles. The van der Waals surface area contributed by atoms with Crippen molar-refractivity contribution >= 4 is 35.8 Å². The molecule has 2 atom stereocenters. The highest BCUT2D eigenvalue weighted by Gasteiger charge is 2.32. The molecule has 0 aromatic heterocycles. The second-order valence-electron chi connectivity index (χ2n) is 8.67. The summed E-state index contributed by atoms with van der Waals surface area (Å²) in [6.45, 7) is 12.9. The highest BCUT2D eigenvalue weighted by Crippen LogP contribution is 2.27. The fourth-order valence-corrected chi connectivity index (χ4v) is 4.79.